The van der Waals surface area contributed by atoms with Crippen LogP contribution in [0.1, 0.15) is 65.2 Å². The third-order valence-corrected chi connectivity index (χ3v) is 8.39. The minimum absolute atomic E-state index is 0.0931. The first-order valence-corrected chi connectivity index (χ1v) is 11.7. The van der Waals surface area contributed by atoms with E-state index in [2.05, 4.69) is 19.2 Å². The number of hydrogen-bond donors (Lipinski definition) is 1. The van der Waals surface area contributed by atoms with Crippen LogP contribution in [0.25, 0.3) is 0 Å². The van der Waals surface area contributed by atoms with Crippen molar-refractivity contribution in [2.24, 2.45) is 41.4 Å². The van der Waals surface area contributed by atoms with Gasteiger partial charge in [0.05, 0.1) is 11.8 Å². The predicted molar refractivity (Wildman–Crippen MR) is 109 cm³/mol. The summed E-state index contributed by atoms with van der Waals surface area (Å²) in [6.07, 6.45) is 12.1. The lowest BCUT2D eigenvalue weighted by Gasteiger charge is -2.54. The molecule has 0 unspecified atom stereocenters. The number of nitrogens with one attached hydrogen (secondary N) is 1. The largest absolute Gasteiger partial charge is 0.351 e. The quantitative estimate of drug-likeness (QED) is 0.571. The molecule has 0 aromatic rings. The molecule has 6 rings (SSSR count). The fourth-order valence-corrected chi connectivity index (χ4v) is 7.33. The van der Waals surface area contributed by atoms with Crippen LogP contribution in [0.2, 0.25) is 0 Å². The van der Waals surface area contributed by atoms with Crippen LogP contribution in [0.5, 0.6) is 0 Å². The van der Waals surface area contributed by atoms with Gasteiger partial charge in [-0.15, -0.1) is 0 Å². The van der Waals surface area contributed by atoms with Crippen LogP contribution in [0.15, 0.2) is 12.2 Å². The average Bonchev–Trinajstić information content (AvgIpc) is 2.93. The Bertz CT molecular complexity index is 688. The molecule has 5 fully saturated rings. The standard InChI is InChI=1S/C24H34N2O3/c1-13(2)7-20(26-23(28)18-5-3-4-6-19(18)24(26)29)22(27)25-21-16-9-14-8-15(11-16)12-17(21)10-14/h3-4,13-21H,5-12H2,1-2H3,(H,25,27)/t14?,15?,16?,17?,18-,19-,20-,21?/m1/s1. The highest BCUT2D eigenvalue weighted by Gasteiger charge is 2.53. The van der Waals surface area contributed by atoms with Crippen LogP contribution in [0, 0.1) is 41.4 Å². The predicted octanol–water partition coefficient (Wildman–Crippen LogP) is 3.29. The third-order valence-electron chi connectivity index (χ3n) is 8.39. The zero-order valence-corrected chi connectivity index (χ0v) is 17.7. The molecule has 0 aromatic carbocycles. The fraction of sp³-hybridized carbons (Fsp3) is 0.792. The molecule has 0 spiro atoms. The van der Waals surface area contributed by atoms with Crippen molar-refractivity contribution in [3.05, 3.63) is 12.2 Å². The molecule has 5 aliphatic carbocycles. The van der Waals surface area contributed by atoms with Gasteiger partial charge >= 0.3 is 0 Å². The number of fused-ring (bicyclic) bond motifs is 1. The number of imide groups is 1. The molecule has 29 heavy (non-hydrogen) atoms. The highest BCUT2D eigenvalue weighted by molar-refractivity contribution is 6.08. The SMILES string of the molecule is CC(C)C[C@H](C(=O)NC1C2CC3CC(C2)CC1C3)N1C(=O)[C@@H]2CC=CC[C@H]2C1=O. The molecule has 1 N–H and O–H groups in total. The Morgan fingerprint density at radius 1 is 0.966 bits per heavy atom. The number of amides is 3. The maximum atomic E-state index is 13.5. The van der Waals surface area contributed by atoms with Crippen molar-refractivity contribution in [3.8, 4) is 0 Å². The monoisotopic (exact) mass is 398 g/mol. The first kappa shape index (κ1) is 19.3. The summed E-state index contributed by atoms with van der Waals surface area (Å²) in [4.78, 5) is 41.0. The summed E-state index contributed by atoms with van der Waals surface area (Å²) in [6.45, 7) is 4.12. The maximum Gasteiger partial charge on any atom is 0.243 e. The number of hydrogen-bond acceptors (Lipinski definition) is 3. The first-order chi connectivity index (χ1) is 13.9. The van der Waals surface area contributed by atoms with Gasteiger partial charge in [0.25, 0.3) is 0 Å². The van der Waals surface area contributed by atoms with Crippen molar-refractivity contribution in [1.82, 2.24) is 10.2 Å². The van der Waals surface area contributed by atoms with Crippen molar-refractivity contribution in [3.63, 3.8) is 0 Å². The zero-order valence-electron chi connectivity index (χ0n) is 17.7. The van der Waals surface area contributed by atoms with Crippen LogP contribution in [-0.2, 0) is 14.4 Å². The zero-order chi connectivity index (χ0) is 20.3. The number of rotatable bonds is 5. The third kappa shape index (κ3) is 3.25. The number of allylic oxidation sites excluding steroid dienone is 2. The van der Waals surface area contributed by atoms with Gasteiger partial charge in [-0.1, -0.05) is 26.0 Å². The summed E-state index contributed by atoms with van der Waals surface area (Å²) >= 11 is 0. The van der Waals surface area contributed by atoms with Crippen molar-refractivity contribution in [2.45, 2.75) is 77.3 Å². The lowest BCUT2D eigenvalue weighted by atomic mass is 9.54. The smallest absolute Gasteiger partial charge is 0.243 e. The topological polar surface area (TPSA) is 66.5 Å². The van der Waals surface area contributed by atoms with E-state index in [1.54, 1.807) is 0 Å². The Morgan fingerprint density at radius 2 is 1.48 bits per heavy atom. The molecule has 158 valence electrons. The Hall–Kier alpha value is -1.65. The van der Waals surface area contributed by atoms with E-state index in [0.717, 1.165) is 11.8 Å². The Balaban J connectivity index is 1.35. The number of likely N-dealkylation sites (tertiary alicyclic amines) is 1. The molecule has 5 nitrogen and oxygen atoms in total. The second kappa shape index (κ2) is 7.24. The number of carbonyl (C=O) groups is 3. The summed E-state index contributed by atoms with van der Waals surface area (Å²) < 4.78 is 0. The Morgan fingerprint density at radius 3 is 1.97 bits per heavy atom. The summed E-state index contributed by atoms with van der Waals surface area (Å²) in [5.74, 6) is 2.25. The van der Waals surface area contributed by atoms with Crippen LogP contribution >= 0.6 is 0 Å². The Kier molecular flexibility index (Phi) is 4.83. The molecule has 5 heteroatoms. The van der Waals surface area contributed by atoms with Gasteiger partial charge in [-0.2, -0.15) is 0 Å². The van der Waals surface area contributed by atoms with E-state index < -0.39 is 6.04 Å². The Labute approximate surface area is 173 Å². The second-order valence-electron chi connectivity index (χ2n) is 10.8. The average molecular weight is 399 g/mol. The number of nitrogens with zero attached hydrogens (tertiary/aromatic N) is 1. The van der Waals surface area contributed by atoms with E-state index in [4.69, 9.17) is 0 Å². The van der Waals surface area contributed by atoms with Gasteiger partial charge in [-0.3, -0.25) is 19.3 Å². The molecule has 4 saturated carbocycles. The molecule has 1 saturated heterocycles. The van der Waals surface area contributed by atoms with Crippen molar-refractivity contribution < 1.29 is 14.4 Å². The van der Waals surface area contributed by atoms with Crippen LogP contribution in [-0.4, -0.2) is 34.7 Å². The summed E-state index contributed by atoms with van der Waals surface area (Å²) in [7, 11) is 0. The van der Waals surface area contributed by atoms with Gasteiger partial charge in [0, 0.05) is 6.04 Å². The summed E-state index contributed by atoms with van der Waals surface area (Å²) in [5.41, 5.74) is 0. The summed E-state index contributed by atoms with van der Waals surface area (Å²) in [5, 5.41) is 3.37. The molecular formula is C24H34N2O3. The molecule has 4 bridgehead atoms. The molecule has 6 aliphatic rings. The van der Waals surface area contributed by atoms with E-state index >= 15 is 0 Å². The highest BCUT2D eigenvalue weighted by atomic mass is 16.2. The fourth-order valence-electron chi connectivity index (χ4n) is 7.33. The molecule has 0 aromatic heterocycles. The molecule has 3 amide bonds. The molecule has 0 radical (unpaired) electrons. The summed E-state index contributed by atoms with van der Waals surface area (Å²) in [6, 6.07) is -0.417. The van der Waals surface area contributed by atoms with Gasteiger partial charge in [-0.05, 0) is 81.0 Å². The first-order valence-electron chi connectivity index (χ1n) is 11.7. The highest BCUT2D eigenvalue weighted by Crippen LogP contribution is 2.53. The van der Waals surface area contributed by atoms with Crippen molar-refractivity contribution >= 4 is 17.7 Å². The molecular weight excluding hydrogens is 364 g/mol. The van der Waals surface area contributed by atoms with Gasteiger partial charge < -0.3 is 5.32 Å². The van der Waals surface area contributed by atoms with Crippen molar-refractivity contribution in [1.29, 1.82) is 0 Å². The second-order valence-corrected chi connectivity index (χ2v) is 10.8. The molecule has 1 aliphatic heterocycles. The van der Waals surface area contributed by atoms with Gasteiger partial charge in [0.1, 0.15) is 6.04 Å². The van der Waals surface area contributed by atoms with Crippen molar-refractivity contribution in [2.75, 3.05) is 0 Å². The lowest BCUT2D eigenvalue weighted by Crippen LogP contribution is -2.59. The van der Waals surface area contributed by atoms with Gasteiger partial charge in [-0.25, -0.2) is 0 Å². The molecule has 3 atom stereocenters. The van der Waals surface area contributed by atoms with Crippen LogP contribution < -0.4 is 5.32 Å². The minimum Gasteiger partial charge on any atom is -0.351 e. The van der Waals surface area contributed by atoms with E-state index in [1.807, 2.05) is 12.2 Å². The van der Waals surface area contributed by atoms with Crippen LogP contribution in [0.3, 0.4) is 0 Å². The van der Waals surface area contributed by atoms with E-state index in [-0.39, 0.29) is 41.5 Å². The van der Waals surface area contributed by atoms with E-state index in [1.165, 1.54) is 37.0 Å². The van der Waals surface area contributed by atoms with E-state index in [9.17, 15) is 14.4 Å². The normalized spacial score (nSPS) is 41.2. The van der Waals surface area contributed by atoms with E-state index in [0.29, 0.717) is 31.1 Å². The minimum atomic E-state index is -0.655. The van der Waals surface area contributed by atoms with Gasteiger partial charge in [0.2, 0.25) is 17.7 Å². The lowest BCUT2D eigenvalue weighted by molar-refractivity contribution is -0.149. The van der Waals surface area contributed by atoms with Crippen LogP contribution in [0.4, 0.5) is 0 Å². The molecule has 1 heterocycles. The van der Waals surface area contributed by atoms with Gasteiger partial charge in [0.15, 0.2) is 0 Å². The number of carbonyl (C=O) groups excluding carboxylic acids is 3. The maximum absolute atomic E-state index is 13.5.